The van der Waals surface area contributed by atoms with Crippen molar-refractivity contribution in [3.8, 4) is 5.75 Å². The van der Waals surface area contributed by atoms with E-state index in [1.54, 1.807) is 18.2 Å². The molecule has 6 nitrogen and oxygen atoms in total. The van der Waals surface area contributed by atoms with E-state index in [1.807, 2.05) is 13.8 Å². The summed E-state index contributed by atoms with van der Waals surface area (Å²) in [7, 11) is -2.41. The fourth-order valence-electron chi connectivity index (χ4n) is 2.22. The van der Waals surface area contributed by atoms with E-state index in [-0.39, 0.29) is 16.2 Å². The van der Waals surface area contributed by atoms with Gasteiger partial charge in [0.1, 0.15) is 10.6 Å². The van der Waals surface area contributed by atoms with Gasteiger partial charge in [-0.25, -0.2) is 13.1 Å². The van der Waals surface area contributed by atoms with Crippen molar-refractivity contribution in [2.45, 2.75) is 25.2 Å². The normalized spacial score (nSPS) is 11.2. The van der Waals surface area contributed by atoms with E-state index >= 15 is 0 Å². The molecule has 0 aromatic heterocycles. The third-order valence-electron chi connectivity index (χ3n) is 3.69. The summed E-state index contributed by atoms with van der Waals surface area (Å²) in [6.07, 6.45) is 0.649. The van der Waals surface area contributed by atoms with Gasteiger partial charge < -0.3 is 10.1 Å². The average Bonchev–Trinajstić information content (AvgIpc) is 2.62. The SMILES string of the molecule is CCCNS(=O)(=O)c1cc(C(=O)Nc2ccc(C)c(Cl)c2)ccc1OC. The Morgan fingerprint density at radius 2 is 1.92 bits per heavy atom. The maximum absolute atomic E-state index is 12.5. The molecule has 2 N–H and O–H groups in total. The lowest BCUT2D eigenvalue weighted by atomic mass is 10.2. The van der Waals surface area contributed by atoms with Gasteiger partial charge in [0.05, 0.1) is 7.11 Å². The van der Waals surface area contributed by atoms with Gasteiger partial charge in [-0.15, -0.1) is 0 Å². The first-order valence-electron chi connectivity index (χ1n) is 8.03. The molecule has 2 aromatic carbocycles. The second kappa shape index (κ2) is 8.53. The first-order chi connectivity index (χ1) is 12.3. The molecule has 2 rings (SSSR count). The van der Waals surface area contributed by atoms with Crippen LogP contribution in [0.4, 0.5) is 5.69 Å². The first kappa shape index (κ1) is 20.2. The van der Waals surface area contributed by atoms with Gasteiger partial charge >= 0.3 is 0 Å². The number of sulfonamides is 1. The monoisotopic (exact) mass is 396 g/mol. The lowest BCUT2D eigenvalue weighted by Gasteiger charge is -2.12. The molecule has 0 bridgehead atoms. The zero-order valence-corrected chi connectivity index (χ0v) is 16.4. The molecule has 0 aliphatic heterocycles. The number of ether oxygens (including phenoxy) is 1. The molecule has 140 valence electrons. The molecule has 0 saturated carbocycles. The molecule has 0 fully saturated rings. The van der Waals surface area contributed by atoms with Crippen LogP contribution in [0.1, 0.15) is 29.3 Å². The van der Waals surface area contributed by atoms with Crippen molar-refractivity contribution in [2.75, 3.05) is 19.0 Å². The number of hydrogen-bond donors (Lipinski definition) is 2. The Bertz CT molecular complexity index is 913. The van der Waals surface area contributed by atoms with Crippen molar-refractivity contribution in [2.24, 2.45) is 0 Å². The number of aryl methyl sites for hydroxylation is 1. The summed E-state index contributed by atoms with van der Waals surface area (Å²) in [5.74, 6) is -0.275. The Labute approximate surface area is 158 Å². The second-order valence-corrected chi connectivity index (χ2v) is 7.82. The zero-order valence-electron chi connectivity index (χ0n) is 14.8. The maximum Gasteiger partial charge on any atom is 0.255 e. The number of rotatable bonds is 7. The Morgan fingerprint density at radius 3 is 2.54 bits per heavy atom. The molecule has 0 unspecified atom stereocenters. The third kappa shape index (κ3) is 4.75. The third-order valence-corrected chi connectivity index (χ3v) is 5.58. The summed E-state index contributed by atoms with van der Waals surface area (Å²) in [6.45, 7) is 4.01. The summed E-state index contributed by atoms with van der Waals surface area (Å²) in [6, 6.07) is 9.40. The van der Waals surface area contributed by atoms with Gasteiger partial charge in [-0.2, -0.15) is 0 Å². The highest BCUT2D eigenvalue weighted by Crippen LogP contribution is 2.26. The van der Waals surface area contributed by atoms with Gasteiger partial charge in [-0.05, 0) is 49.2 Å². The topological polar surface area (TPSA) is 84.5 Å². The van der Waals surface area contributed by atoms with Crippen LogP contribution in [0.2, 0.25) is 5.02 Å². The number of carbonyl (C=O) groups excluding carboxylic acids is 1. The van der Waals surface area contributed by atoms with E-state index in [1.165, 1.54) is 25.3 Å². The number of benzene rings is 2. The van der Waals surface area contributed by atoms with Gasteiger partial charge in [0.2, 0.25) is 10.0 Å². The van der Waals surface area contributed by atoms with Gasteiger partial charge in [-0.3, -0.25) is 4.79 Å². The standard InChI is InChI=1S/C18H21ClN2O4S/c1-4-9-20-26(23,24)17-10-13(6-8-16(17)25-3)18(22)21-14-7-5-12(2)15(19)11-14/h5-8,10-11,20H,4,9H2,1-3H3,(H,21,22). The molecule has 0 atom stereocenters. The predicted molar refractivity (Wildman–Crippen MR) is 103 cm³/mol. The van der Waals surface area contributed by atoms with Crippen LogP contribution in [0.15, 0.2) is 41.3 Å². The van der Waals surface area contributed by atoms with Crippen molar-refractivity contribution < 1.29 is 17.9 Å². The van der Waals surface area contributed by atoms with Crippen molar-refractivity contribution >= 4 is 33.2 Å². The van der Waals surface area contributed by atoms with Gasteiger partial charge in [-0.1, -0.05) is 24.6 Å². The number of halogens is 1. The van der Waals surface area contributed by atoms with Gasteiger partial charge in [0, 0.05) is 22.8 Å². The van der Waals surface area contributed by atoms with Crippen LogP contribution in [0.5, 0.6) is 5.75 Å². The minimum Gasteiger partial charge on any atom is -0.495 e. The van der Waals surface area contributed by atoms with E-state index < -0.39 is 15.9 Å². The summed E-state index contributed by atoms with van der Waals surface area (Å²) in [4.78, 5) is 12.4. The van der Waals surface area contributed by atoms with Crippen LogP contribution in [-0.2, 0) is 10.0 Å². The molecule has 26 heavy (non-hydrogen) atoms. The number of hydrogen-bond acceptors (Lipinski definition) is 4. The number of carbonyl (C=O) groups is 1. The van der Waals surface area contributed by atoms with Crippen molar-refractivity contribution in [3.05, 3.63) is 52.5 Å². The number of amides is 1. The quantitative estimate of drug-likeness (QED) is 0.748. The van der Waals surface area contributed by atoms with Crippen LogP contribution < -0.4 is 14.8 Å². The first-order valence-corrected chi connectivity index (χ1v) is 9.89. The summed E-state index contributed by atoms with van der Waals surface area (Å²) >= 11 is 6.06. The second-order valence-electron chi connectivity index (χ2n) is 5.68. The Kier molecular flexibility index (Phi) is 6.63. The Hall–Kier alpha value is -2.09. The molecule has 8 heteroatoms. The molecule has 0 spiro atoms. The lowest BCUT2D eigenvalue weighted by Crippen LogP contribution is -2.25. The maximum atomic E-state index is 12.5. The fraction of sp³-hybridized carbons (Fsp3) is 0.278. The molecule has 0 aliphatic carbocycles. The molecule has 1 amide bonds. The number of methoxy groups -OCH3 is 1. The Balaban J connectivity index is 2.33. The molecule has 2 aromatic rings. The van der Waals surface area contributed by atoms with E-state index in [9.17, 15) is 13.2 Å². The number of anilines is 1. The van der Waals surface area contributed by atoms with E-state index in [2.05, 4.69) is 10.0 Å². The lowest BCUT2D eigenvalue weighted by molar-refractivity contribution is 0.102. The van der Waals surface area contributed by atoms with E-state index in [0.717, 1.165) is 5.56 Å². The van der Waals surface area contributed by atoms with Crippen molar-refractivity contribution in [1.29, 1.82) is 0 Å². The largest absolute Gasteiger partial charge is 0.495 e. The van der Waals surface area contributed by atoms with Crippen LogP contribution in [0, 0.1) is 6.92 Å². The minimum atomic E-state index is -3.78. The van der Waals surface area contributed by atoms with Crippen molar-refractivity contribution in [1.82, 2.24) is 4.72 Å². The van der Waals surface area contributed by atoms with Crippen LogP contribution >= 0.6 is 11.6 Å². The smallest absolute Gasteiger partial charge is 0.255 e. The molecule has 0 radical (unpaired) electrons. The minimum absolute atomic E-state index is 0.0805. The van der Waals surface area contributed by atoms with Gasteiger partial charge in [0.15, 0.2) is 0 Å². The highest BCUT2D eigenvalue weighted by Gasteiger charge is 2.21. The highest BCUT2D eigenvalue weighted by molar-refractivity contribution is 7.89. The molecule has 0 heterocycles. The highest BCUT2D eigenvalue weighted by atomic mass is 35.5. The van der Waals surface area contributed by atoms with Crippen LogP contribution in [0.25, 0.3) is 0 Å². The molecule has 0 saturated heterocycles. The van der Waals surface area contributed by atoms with Crippen LogP contribution in [-0.4, -0.2) is 28.0 Å². The summed E-state index contributed by atoms with van der Waals surface area (Å²) < 4.78 is 32.5. The molecular weight excluding hydrogens is 376 g/mol. The van der Waals surface area contributed by atoms with Crippen LogP contribution in [0.3, 0.4) is 0 Å². The summed E-state index contributed by atoms with van der Waals surface area (Å²) in [5.41, 5.74) is 1.61. The van der Waals surface area contributed by atoms with Gasteiger partial charge in [0.25, 0.3) is 5.91 Å². The Morgan fingerprint density at radius 1 is 1.19 bits per heavy atom. The van der Waals surface area contributed by atoms with E-state index in [4.69, 9.17) is 16.3 Å². The molecular formula is C18H21ClN2O4S. The number of nitrogens with one attached hydrogen (secondary N) is 2. The van der Waals surface area contributed by atoms with E-state index in [0.29, 0.717) is 23.7 Å². The zero-order chi connectivity index (χ0) is 19.3. The average molecular weight is 397 g/mol. The van der Waals surface area contributed by atoms with Crippen molar-refractivity contribution in [3.63, 3.8) is 0 Å². The summed E-state index contributed by atoms with van der Waals surface area (Å²) in [5, 5.41) is 3.24. The molecule has 0 aliphatic rings. The fourth-order valence-corrected chi connectivity index (χ4v) is 3.72. The predicted octanol–water partition coefficient (Wildman–Crippen LogP) is 3.60.